The summed E-state index contributed by atoms with van der Waals surface area (Å²) >= 11 is 1.63. The molecule has 0 spiro atoms. The van der Waals surface area contributed by atoms with E-state index in [1.807, 2.05) is 0 Å². The Balaban J connectivity index is 1.91. The largest absolute Gasteiger partial charge is 0.507 e. The Hall–Kier alpha value is -1.25. The number of benzene rings is 1. The summed E-state index contributed by atoms with van der Waals surface area (Å²) in [7, 11) is -3.75. The first-order valence-corrected chi connectivity index (χ1v) is 11.5. The van der Waals surface area contributed by atoms with E-state index in [2.05, 4.69) is 13.8 Å². The molecule has 1 heterocycles. The van der Waals surface area contributed by atoms with E-state index in [4.69, 9.17) is 0 Å². The van der Waals surface area contributed by atoms with Gasteiger partial charge in [-0.15, -0.1) is 0 Å². The van der Waals surface area contributed by atoms with E-state index in [1.165, 1.54) is 16.4 Å². The first-order valence-electron chi connectivity index (χ1n) is 8.87. The summed E-state index contributed by atoms with van der Waals surface area (Å²) in [5.41, 5.74) is 0.772. The highest BCUT2D eigenvalue weighted by molar-refractivity contribution is 7.99. The minimum atomic E-state index is -3.75. The fourth-order valence-corrected chi connectivity index (χ4v) is 5.44. The van der Waals surface area contributed by atoms with E-state index in [9.17, 15) is 18.3 Å². The number of carbonyl (C=O) groups is 1. The third-order valence-electron chi connectivity index (χ3n) is 4.39. The van der Waals surface area contributed by atoms with Gasteiger partial charge in [0.15, 0.2) is 0 Å². The van der Waals surface area contributed by atoms with Crippen molar-refractivity contribution in [3.63, 3.8) is 0 Å². The van der Waals surface area contributed by atoms with E-state index >= 15 is 0 Å². The molecule has 1 N–H and O–H groups in total. The quantitative estimate of drug-likeness (QED) is 0.711. The lowest BCUT2D eigenvalue weighted by Crippen LogP contribution is -2.51. The summed E-state index contributed by atoms with van der Waals surface area (Å²) in [6.45, 7) is 7.37. The van der Waals surface area contributed by atoms with E-state index in [1.54, 1.807) is 29.7 Å². The van der Waals surface area contributed by atoms with Crippen molar-refractivity contribution in [1.82, 2.24) is 9.21 Å². The van der Waals surface area contributed by atoms with Crippen molar-refractivity contribution < 1.29 is 18.3 Å². The number of thioether (sulfide) groups is 1. The van der Waals surface area contributed by atoms with E-state index in [0.29, 0.717) is 24.8 Å². The minimum absolute atomic E-state index is 0.0641. The van der Waals surface area contributed by atoms with Crippen LogP contribution in [0.15, 0.2) is 23.1 Å². The van der Waals surface area contributed by atoms with Gasteiger partial charge in [0.05, 0.1) is 5.75 Å². The zero-order valence-electron chi connectivity index (χ0n) is 15.6. The van der Waals surface area contributed by atoms with Crippen molar-refractivity contribution in [1.29, 1.82) is 0 Å². The number of phenols is 1. The third-order valence-corrected chi connectivity index (χ3v) is 7.29. The van der Waals surface area contributed by atoms with Crippen LogP contribution < -0.4 is 0 Å². The average Bonchev–Trinajstić information content (AvgIpc) is 2.60. The second-order valence-corrected chi connectivity index (χ2v) is 10.0. The van der Waals surface area contributed by atoms with Gasteiger partial charge in [0.2, 0.25) is 15.9 Å². The predicted molar refractivity (Wildman–Crippen MR) is 105 cm³/mol. The summed E-state index contributed by atoms with van der Waals surface area (Å²) in [6.07, 6.45) is 1.09. The van der Waals surface area contributed by atoms with Crippen LogP contribution in [0.4, 0.5) is 0 Å². The first-order chi connectivity index (χ1) is 12.2. The smallest absolute Gasteiger partial charge is 0.246 e. The molecule has 1 aromatic rings. The molecule has 6 nitrogen and oxygen atoms in total. The molecule has 2 rings (SSSR count). The Morgan fingerprint density at radius 3 is 2.50 bits per heavy atom. The maximum absolute atomic E-state index is 12.8. The van der Waals surface area contributed by atoms with Gasteiger partial charge < -0.3 is 10.0 Å². The molecular weight excluding hydrogens is 372 g/mol. The monoisotopic (exact) mass is 400 g/mol. The molecule has 0 bridgehead atoms. The topological polar surface area (TPSA) is 77.9 Å². The van der Waals surface area contributed by atoms with Crippen LogP contribution >= 0.6 is 11.8 Å². The number of nitrogens with zero attached hydrogens (tertiary/aromatic N) is 2. The zero-order chi connectivity index (χ0) is 19.3. The zero-order valence-corrected chi connectivity index (χ0v) is 17.3. The standard InChI is InChI=1S/C18H28N2O4S2/c1-14(2)6-11-25-13-18(22)19-7-9-20(10-8-19)26(23,24)17-12-15(3)4-5-16(17)21/h4-5,12,14,21H,6-11,13H2,1-3H3. The average molecular weight is 401 g/mol. The van der Waals surface area contributed by atoms with Crippen LogP contribution in [-0.2, 0) is 14.8 Å². The Morgan fingerprint density at radius 1 is 1.23 bits per heavy atom. The van der Waals surface area contributed by atoms with Gasteiger partial charge in [-0.2, -0.15) is 16.1 Å². The maximum Gasteiger partial charge on any atom is 0.246 e. The molecule has 0 radical (unpaired) electrons. The fourth-order valence-electron chi connectivity index (χ4n) is 2.71. The lowest BCUT2D eigenvalue weighted by Gasteiger charge is -2.34. The van der Waals surface area contributed by atoms with E-state index in [0.717, 1.165) is 17.7 Å². The molecular formula is C18H28N2O4S2. The number of hydrogen-bond donors (Lipinski definition) is 1. The van der Waals surface area contributed by atoms with Gasteiger partial charge in [0, 0.05) is 26.2 Å². The third kappa shape index (κ3) is 5.37. The highest BCUT2D eigenvalue weighted by atomic mass is 32.2. The number of hydrogen-bond acceptors (Lipinski definition) is 5. The summed E-state index contributed by atoms with van der Waals surface area (Å²) in [6, 6.07) is 4.55. The second-order valence-electron chi connectivity index (χ2n) is 6.99. The van der Waals surface area contributed by atoms with Crippen LogP contribution in [0.2, 0.25) is 0 Å². The SMILES string of the molecule is Cc1ccc(O)c(S(=O)(=O)N2CCN(C(=O)CSCCC(C)C)CC2)c1. The molecule has 0 saturated carbocycles. The van der Waals surface area contributed by atoms with Crippen LogP contribution in [0.5, 0.6) is 5.75 Å². The van der Waals surface area contributed by atoms with Crippen LogP contribution in [0.25, 0.3) is 0 Å². The number of phenolic OH excluding ortho intramolecular Hbond substituents is 1. The minimum Gasteiger partial charge on any atom is -0.507 e. The molecule has 0 aromatic heterocycles. The van der Waals surface area contributed by atoms with Crippen LogP contribution in [-0.4, -0.2) is 66.3 Å². The normalized spacial score (nSPS) is 16.2. The molecule has 0 aliphatic carbocycles. The van der Waals surface area contributed by atoms with Gasteiger partial charge in [-0.1, -0.05) is 19.9 Å². The second kappa shape index (κ2) is 9.10. The van der Waals surface area contributed by atoms with E-state index in [-0.39, 0.29) is 29.6 Å². The fraction of sp³-hybridized carbons (Fsp3) is 0.611. The molecule has 1 aliphatic heterocycles. The van der Waals surface area contributed by atoms with Gasteiger partial charge in [-0.25, -0.2) is 8.42 Å². The van der Waals surface area contributed by atoms with Crippen molar-refractivity contribution in [2.24, 2.45) is 5.92 Å². The molecule has 26 heavy (non-hydrogen) atoms. The number of piperazine rings is 1. The van der Waals surface area contributed by atoms with Gasteiger partial charge in [-0.3, -0.25) is 4.79 Å². The Morgan fingerprint density at radius 2 is 1.88 bits per heavy atom. The molecule has 8 heteroatoms. The number of sulfonamides is 1. The molecule has 1 fully saturated rings. The Labute approximate surface area is 160 Å². The number of aromatic hydroxyl groups is 1. The van der Waals surface area contributed by atoms with Crippen molar-refractivity contribution in [3.8, 4) is 5.75 Å². The van der Waals surface area contributed by atoms with Gasteiger partial charge in [-0.05, 0) is 42.7 Å². The summed E-state index contributed by atoms with van der Waals surface area (Å²) in [4.78, 5) is 13.9. The summed E-state index contributed by atoms with van der Waals surface area (Å²) in [5, 5.41) is 9.93. The van der Waals surface area contributed by atoms with Crippen molar-refractivity contribution in [2.75, 3.05) is 37.7 Å². The van der Waals surface area contributed by atoms with Crippen molar-refractivity contribution in [3.05, 3.63) is 23.8 Å². The molecule has 146 valence electrons. The predicted octanol–water partition coefficient (Wildman–Crippen LogP) is 2.31. The lowest BCUT2D eigenvalue weighted by molar-refractivity contribution is -0.129. The van der Waals surface area contributed by atoms with Crippen LogP contribution in [0.3, 0.4) is 0 Å². The Bertz CT molecular complexity index is 727. The molecule has 1 amide bonds. The van der Waals surface area contributed by atoms with Crippen LogP contribution in [0, 0.1) is 12.8 Å². The molecule has 1 aliphatic rings. The van der Waals surface area contributed by atoms with Crippen LogP contribution in [0.1, 0.15) is 25.8 Å². The Kier molecular flexibility index (Phi) is 7.37. The molecule has 1 aromatic carbocycles. The molecule has 0 atom stereocenters. The summed E-state index contributed by atoms with van der Waals surface area (Å²) in [5.74, 6) is 1.86. The van der Waals surface area contributed by atoms with Crippen molar-refractivity contribution >= 4 is 27.7 Å². The first kappa shape index (κ1) is 21.1. The van der Waals surface area contributed by atoms with Crippen molar-refractivity contribution in [2.45, 2.75) is 32.1 Å². The highest BCUT2D eigenvalue weighted by Crippen LogP contribution is 2.27. The highest BCUT2D eigenvalue weighted by Gasteiger charge is 2.31. The molecule has 0 unspecified atom stereocenters. The van der Waals surface area contributed by atoms with E-state index < -0.39 is 10.0 Å². The number of amides is 1. The maximum atomic E-state index is 12.8. The van der Waals surface area contributed by atoms with Gasteiger partial charge >= 0.3 is 0 Å². The number of aryl methyl sites for hydroxylation is 1. The van der Waals surface area contributed by atoms with Gasteiger partial charge in [0.1, 0.15) is 10.6 Å². The number of carbonyl (C=O) groups excluding carboxylic acids is 1. The van der Waals surface area contributed by atoms with Gasteiger partial charge in [0.25, 0.3) is 0 Å². The number of rotatable bonds is 7. The lowest BCUT2D eigenvalue weighted by atomic mass is 10.2. The molecule has 1 saturated heterocycles. The summed E-state index contributed by atoms with van der Waals surface area (Å²) < 4.78 is 26.9.